The van der Waals surface area contributed by atoms with Crippen LogP contribution in [0.4, 0.5) is 5.69 Å². The molecule has 1 N–H and O–H groups in total. The molecule has 0 aromatic heterocycles. The summed E-state index contributed by atoms with van der Waals surface area (Å²) in [6.45, 7) is 9.36. The number of carboxylic acids is 1. The standard InChI is InChI=1S/C31H34BrN2O6Si/c1-20(2)41(21(3)4)40-19-23-10-15-26(27(32)16-23)29-31(30(36)37,24-11-13-25(14-12-24)34(38)39)17-28(35)33(29)18-22-8-6-5-7-9-22/h5-16,20-21,29H,17-19H2,1-4H3,(H,36,37)/t29-,31-/m1/s1. The van der Waals surface area contributed by atoms with Crippen molar-refractivity contribution in [2.45, 2.75) is 69.8 Å². The summed E-state index contributed by atoms with van der Waals surface area (Å²) in [5, 5.41) is 22.1. The van der Waals surface area contributed by atoms with Gasteiger partial charge in [-0.05, 0) is 39.4 Å². The SMILES string of the molecule is CC(C)[Si](OCc1ccc([C@H]2N(Cc3ccccc3)C(=O)C[C@@]2(C(=O)O)c2ccc([N+](=O)[O-])cc2)c(Br)c1)C(C)C. The second-order valence-corrected chi connectivity index (χ2v) is 15.3. The molecule has 1 heterocycles. The number of hydrogen-bond donors (Lipinski definition) is 1. The molecule has 0 aliphatic carbocycles. The van der Waals surface area contributed by atoms with Crippen molar-refractivity contribution >= 4 is 42.5 Å². The number of nitro benzene ring substituents is 1. The molecule has 0 bridgehead atoms. The van der Waals surface area contributed by atoms with E-state index in [-0.39, 0.29) is 24.6 Å². The first-order chi connectivity index (χ1) is 19.5. The molecule has 1 amide bonds. The lowest BCUT2D eigenvalue weighted by atomic mass is 9.71. The van der Waals surface area contributed by atoms with Gasteiger partial charge in [-0.3, -0.25) is 19.7 Å². The maximum Gasteiger partial charge on any atom is 0.317 e. The average Bonchev–Trinajstić information content (AvgIpc) is 3.21. The van der Waals surface area contributed by atoms with Crippen molar-refractivity contribution < 1.29 is 24.0 Å². The van der Waals surface area contributed by atoms with E-state index in [1.807, 2.05) is 48.5 Å². The molecule has 0 spiro atoms. The fourth-order valence-corrected chi connectivity index (χ4v) is 8.72. The minimum Gasteiger partial charge on any atom is -0.480 e. The number of hydrogen-bond acceptors (Lipinski definition) is 5. The lowest BCUT2D eigenvalue weighted by Crippen LogP contribution is -2.42. The number of non-ortho nitro benzene ring substituents is 1. The van der Waals surface area contributed by atoms with Crippen molar-refractivity contribution in [3.8, 4) is 0 Å². The molecule has 1 radical (unpaired) electrons. The molecule has 3 aromatic rings. The van der Waals surface area contributed by atoms with Crippen molar-refractivity contribution in [2.75, 3.05) is 0 Å². The van der Waals surface area contributed by atoms with Gasteiger partial charge in [0, 0.05) is 29.6 Å². The molecule has 2 atom stereocenters. The van der Waals surface area contributed by atoms with E-state index in [0.717, 1.165) is 11.1 Å². The van der Waals surface area contributed by atoms with Gasteiger partial charge >= 0.3 is 5.97 Å². The Bertz CT molecular complexity index is 1410. The topological polar surface area (TPSA) is 110 Å². The van der Waals surface area contributed by atoms with Gasteiger partial charge in [0.05, 0.1) is 17.6 Å². The molecule has 1 fully saturated rings. The van der Waals surface area contributed by atoms with Gasteiger partial charge in [-0.15, -0.1) is 0 Å². The molecular weight excluding hydrogens is 604 g/mol. The lowest BCUT2D eigenvalue weighted by Gasteiger charge is -2.36. The Balaban J connectivity index is 1.80. The smallest absolute Gasteiger partial charge is 0.317 e. The summed E-state index contributed by atoms with van der Waals surface area (Å²) < 4.78 is 7.01. The first-order valence-corrected chi connectivity index (χ1v) is 15.9. The molecule has 1 aliphatic heterocycles. The van der Waals surface area contributed by atoms with Crippen LogP contribution in [0.2, 0.25) is 11.1 Å². The number of halogens is 1. The summed E-state index contributed by atoms with van der Waals surface area (Å²) in [5.74, 6) is -1.47. The molecule has 1 aliphatic rings. The van der Waals surface area contributed by atoms with E-state index < -0.39 is 31.4 Å². The first kappa shape index (κ1) is 30.6. The molecule has 3 aromatic carbocycles. The highest BCUT2D eigenvalue weighted by molar-refractivity contribution is 9.10. The number of amides is 1. The summed E-state index contributed by atoms with van der Waals surface area (Å²) in [4.78, 5) is 39.2. The van der Waals surface area contributed by atoms with E-state index in [0.29, 0.717) is 33.3 Å². The highest BCUT2D eigenvalue weighted by Gasteiger charge is 2.59. The molecule has 0 saturated carbocycles. The van der Waals surface area contributed by atoms with Gasteiger partial charge in [0.25, 0.3) is 5.69 Å². The number of benzene rings is 3. The highest BCUT2D eigenvalue weighted by Crippen LogP contribution is 2.52. The Kier molecular flexibility index (Phi) is 9.46. The number of nitro groups is 1. The average molecular weight is 639 g/mol. The van der Waals surface area contributed by atoms with E-state index in [9.17, 15) is 24.8 Å². The van der Waals surface area contributed by atoms with Crippen molar-refractivity contribution in [1.29, 1.82) is 0 Å². The van der Waals surface area contributed by atoms with Crippen LogP contribution in [0.1, 0.15) is 62.4 Å². The third-order valence-electron chi connectivity index (χ3n) is 7.60. The minimum absolute atomic E-state index is 0.148. The van der Waals surface area contributed by atoms with Crippen molar-refractivity contribution in [3.05, 3.63) is 110 Å². The second-order valence-electron chi connectivity index (χ2n) is 11.0. The van der Waals surface area contributed by atoms with Crippen LogP contribution >= 0.6 is 15.9 Å². The fraction of sp³-hybridized carbons (Fsp3) is 0.355. The highest BCUT2D eigenvalue weighted by atomic mass is 79.9. The zero-order valence-electron chi connectivity index (χ0n) is 23.5. The van der Waals surface area contributed by atoms with Gasteiger partial charge in [0.15, 0.2) is 0 Å². The van der Waals surface area contributed by atoms with Gasteiger partial charge in [-0.25, -0.2) is 0 Å². The van der Waals surface area contributed by atoms with E-state index in [4.69, 9.17) is 4.43 Å². The van der Waals surface area contributed by atoms with E-state index in [1.165, 1.54) is 24.3 Å². The zero-order chi connectivity index (χ0) is 29.9. The summed E-state index contributed by atoms with van der Waals surface area (Å²) >= 11 is 3.69. The van der Waals surface area contributed by atoms with Crippen LogP contribution in [0.15, 0.2) is 77.3 Å². The summed E-state index contributed by atoms with van der Waals surface area (Å²) in [6.07, 6.45) is -0.274. The number of nitrogens with zero attached hydrogens (tertiary/aromatic N) is 2. The van der Waals surface area contributed by atoms with Crippen LogP contribution in [-0.4, -0.2) is 35.8 Å². The van der Waals surface area contributed by atoms with Gasteiger partial charge in [0.1, 0.15) is 5.41 Å². The predicted molar refractivity (Wildman–Crippen MR) is 162 cm³/mol. The largest absolute Gasteiger partial charge is 0.480 e. The Hall–Kier alpha value is -3.34. The fourth-order valence-electron chi connectivity index (χ4n) is 5.75. The van der Waals surface area contributed by atoms with E-state index >= 15 is 0 Å². The van der Waals surface area contributed by atoms with Crippen molar-refractivity contribution in [3.63, 3.8) is 0 Å². The van der Waals surface area contributed by atoms with Gasteiger partial charge in [-0.2, -0.15) is 0 Å². The number of likely N-dealkylation sites (tertiary alicyclic amines) is 1. The molecular formula is C31H34BrN2O6Si. The third-order valence-corrected chi connectivity index (χ3v) is 11.0. The van der Waals surface area contributed by atoms with E-state index in [1.54, 1.807) is 4.90 Å². The lowest BCUT2D eigenvalue weighted by molar-refractivity contribution is -0.384. The summed E-state index contributed by atoms with van der Waals surface area (Å²) in [6, 6.07) is 19.8. The molecule has 1 saturated heterocycles. The molecule has 0 unspecified atom stereocenters. The summed E-state index contributed by atoms with van der Waals surface area (Å²) in [5.41, 5.74) is 1.90. The maximum atomic E-state index is 13.6. The van der Waals surface area contributed by atoms with Gasteiger partial charge in [0.2, 0.25) is 14.9 Å². The molecule has 8 nitrogen and oxygen atoms in total. The number of aliphatic carboxylic acids is 1. The number of carboxylic acid groups (broad SMARTS) is 1. The van der Waals surface area contributed by atoms with Crippen LogP contribution < -0.4 is 0 Å². The van der Waals surface area contributed by atoms with Crippen molar-refractivity contribution in [1.82, 2.24) is 4.90 Å². The third kappa shape index (κ3) is 6.29. The van der Waals surface area contributed by atoms with Gasteiger partial charge in [-0.1, -0.05) is 98.2 Å². The van der Waals surface area contributed by atoms with E-state index in [2.05, 4.69) is 43.6 Å². The Morgan fingerprint density at radius 2 is 1.71 bits per heavy atom. The normalized spacial score (nSPS) is 19.0. The molecule has 10 heteroatoms. The predicted octanol–water partition coefficient (Wildman–Crippen LogP) is 7.18. The van der Waals surface area contributed by atoms with Crippen LogP contribution in [0.25, 0.3) is 0 Å². The Labute approximate surface area is 250 Å². The quantitative estimate of drug-likeness (QED) is 0.135. The van der Waals surface area contributed by atoms with Crippen LogP contribution in [0.3, 0.4) is 0 Å². The maximum absolute atomic E-state index is 13.6. The monoisotopic (exact) mass is 637 g/mol. The molecule has 41 heavy (non-hydrogen) atoms. The van der Waals surface area contributed by atoms with Crippen molar-refractivity contribution in [2.24, 2.45) is 0 Å². The molecule has 215 valence electrons. The number of carbonyl (C=O) groups is 2. The second kappa shape index (κ2) is 12.7. The molecule has 4 rings (SSSR count). The van der Waals surface area contributed by atoms with Crippen LogP contribution in [0, 0.1) is 10.1 Å². The first-order valence-electron chi connectivity index (χ1n) is 13.5. The van der Waals surface area contributed by atoms with Crippen LogP contribution in [0.5, 0.6) is 0 Å². The summed E-state index contributed by atoms with van der Waals surface area (Å²) in [7, 11) is -1.03. The van der Waals surface area contributed by atoms with Gasteiger partial charge < -0.3 is 14.4 Å². The zero-order valence-corrected chi connectivity index (χ0v) is 26.1. The van der Waals surface area contributed by atoms with Crippen LogP contribution in [-0.2, 0) is 32.6 Å². The number of rotatable bonds is 11. The Morgan fingerprint density at radius 3 is 2.24 bits per heavy atom. The Morgan fingerprint density at radius 1 is 1.07 bits per heavy atom. The number of carbonyl (C=O) groups excluding carboxylic acids is 1. The minimum atomic E-state index is -1.66.